The molecule has 2 unspecified atom stereocenters. The van der Waals surface area contributed by atoms with Crippen LogP contribution in [-0.4, -0.2) is 0 Å². The lowest BCUT2D eigenvalue weighted by Crippen LogP contribution is -2.08. The van der Waals surface area contributed by atoms with E-state index in [0.717, 1.165) is 11.8 Å². The Labute approximate surface area is 142 Å². The van der Waals surface area contributed by atoms with Crippen molar-refractivity contribution in [2.45, 2.75) is 130 Å². The van der Waals surface area contributed by atoms with E-state index in [9.17, 15) is 0 Å². The normalized spacial score (nSPS) is 14.2. The largest absolute Gasteiger partial charge is 0.0654 e. The van der Waals surface area contributed by atoms with Crippen LogP contribution in [0, 0.1) is 11.8 Å². The van der Waals surface area contributed by atoms with Gasteiger partial charge in [-0.1, -0.05) is 130 Å². The highest BCUT2D eigenvalue weighted by Crippen LogP contribution is 2.24. The van der Waals surface area contributed by atoms with E-state index in [0.29, 0.717) is 0 Å². The summed E-state index contributed by atoms with van der Waals surface area (Å²) in [6, 6.07) is 0. The standard InChI is InChI=1S/C22H46/c1-5-7-9-11-13-14-16-18-20-22(4)21(3)19-17-15-12-10-8-6-2/h21-22H,5-20H2,1-4H3. The van der Waals surface area contributed by atoms with Gasteiger partial charge in [-0.15, -0.1) is 0 Å². The second-order valence-electron chi connectivity index (χ2n) is 7.77. The quantitative estimate of drug-likeness (QED) is 0.236. The summed E-state index contributed by atoms with van der Waals surface area (Å²) in [4.78, 5) is 0. The molecular weight excluding hydrogens is 264 g/mol. The molecule has 0 N–H and O–H groups in total. The minimum Gasteiger partial charge on any atom is -0.0654 e. The molecule has 0 fully saturated rings. The molecule has 0 spiro atoms. The van der Waals surface area contributed by atoms with Crippen molar-refractivity contribution in [2.24, 2.45) is 11.8 Å². The molecule has 0 radical (unpaired) electrons. The maximum absolute atomic E-state index is 2.49. The van der Waals surface area contributed by atoms with Gasteiger partial charge in [-0.3, -0.25) is 0 Å². The summed E-state index contributed by atoms with van der Waals surface area (Å²) in [5.41, 5.74) is 0. The molecule has 0 aromatic heterocycles. The van der Waals surface area contributed by atoms with Crippen molar-refractivity contribution in [2.75, 3.05) is 0 Å². The Balaban J connectivity index is 3.33. The predicted octanol–water partition coefficient (Wildman–Crippen LogP) is 8.54. The Kier molecular flexibility index (Phi) is 17.4. The van der Waals surface area contributed by atoms with Gasteiger partial charge in [0.2, 0.25) is 0 Å². The van der Waals surface area contributed by atoms with Gasteiger partial charge >= 0.3 is 0 Å². The van der Waals surface area contributed by atoms with Crippen molar-refractivity contribution in [3.8, 4) is 0 Å². The number of unbranched alkanes of at least 4 members (excludes halogenated alkanes) is 12. The van der Waals surface area contributed by atoms with E-state index in [2.05, 4.69) is 27.7 Å². The molecule has 0 rings (SSSR count). The summed E-state index contributed by atoms with van der Waals surface area (Å²) in [5, 5.41) is 0. The van der Waals surface area contributed by atoms with Crippen molar-refractivity contribution >= 4 is 0 Å². The fourth-order valence-corrected chi connectivity index (χ4v) is 3.42. The number of hydrogen-bond donors (Lipinski definition) is 0. The van der Waals surface area contributed by atoms with Gasteiger partial charge in [-0.25, -0.2) is 0 Å². The molecule has 0 amide bonds. The van der Waals surface area contributed by atoms with Crippen LogP contribution in [0.15, 0.2) is 0 Å². The zero-order valence-corrected chi connectivity index (χ0v) is 16.5. The van der Waals surface area contributed by atoms with Crippen LogP contribution >= 0.6 is 0 Å². The first-order valence-corrected chi connectivity index (χ1v) is 10.7. The maximum atomic E-state index is 2.49. The van der Waals surface area contributed by atoms with Crippen LogP contribution in [0.4, 0.5) is 0 Å². The Morgan fingerprint density at radius 3 is 1.00 bits per heavy atom. The molecule has 0 aliphatic carbocycles. The van der Waals surface area contributed by atoms with Crippen LogP contribution in [0.3, 0.4) is 0 Å². The lowest BCUT2D eigenvalue weighted by atomic mass is 9.86. The monoisotopic (exact) mass is 310 g/mol. The summed E-state index contributed by atoms with van der Waals surface area (Å²) < 4.78 is 0. The minimum atomic E-state index is 0.940. The van der Waals surface area contributed by atoms with Gasteiger partial charge < -0.3 is 0 Å². The summed E-state index contributed by atoms with van der Waals surface area (Å²) in [6.07, 6.45) is 23.2. The molecule has 0 nitrogen and oxygen atoms in total. The average Bonchev–Trinajstić information content (AvgIpc) is 2.52. The molecule has 0 heterocycles. The molecule has 134 valence electrons. The summed E-state index contributed by atoms with van der Waals surface area (Å²) in [6.45, 7) is 9.58. The number of hydrogen-bond acceptors (Lipinski definition) is 0. The second kappa shape index (κ2) is 17.4. The first-order chi connectivity index (χ1) is 10.7. The molecule has 0 aliphatic heterocycles. The van der Waals surface area contributed by atoms with Gasteiger partial charge in [0.1, 0.15) is 0 Å². The highest BCUT2D eigenvalue weighted by Gasteiger charge is 2.11. The second-order valence-corrected chi connectivity index (χ2v) is 7.77. The third-order valence-corrected chi connectivity index (χ3v) is 5.50. The topological polar surface area (TPSA) is 0 Å². The van der Waals surface area contributed by atoms with E-state index in [4.69, 9.17) is 0 Å². The molecule has 0 bridgehead atoms. The molecule has 0 heteroatoms. The lowest BCUT2D eigenvalue weighted by molar-refractivity contribution is 0.322. The Bertz CT molecular complexity index is 196. The molecule has 0 saturated heterocycles. The Morgan fingerprint density at radius 1 is 0.409 bits per heavy atom. The maximum Gasteiger partial charge on any atom is -0.0417 e. The summed E-state index contributed by atoms with van der Waals surface area (Å²) >= 11 is 0. The van der Waals surface area contributed by atoms with Gasteiger partial charge in [-0.05, 0) is 11.8 Å². The molecule has 2 atom stereocenters. The van der Waals surface area contributed by atoms with Crippen LogP contribution in [0.5, 0.6) is 0 Å². The highest BCUT2D eigenvalue weighted by molar-refractivity contribution is 4.63. The van der Waals surface area contributed by atoms with Crippen LogP contribution in [-0.2, 0) is 0 Å². The van der Waals surface area contributed by atoms with E-state index in [1.165, 1.54) is 103 Å². The Morgan fingerprint density at radius 2 is 0.682 bits per heavy atom. The third-order valence-electron chi connectivity index (χ3n) is 5.50. The van der Waals surface area contributed by atoms with E-state index in [-0.39, 0.29) is 0 Å². The van der Waals surface area contributed by atoms with Crippen molar-refractivity contribution in [3.63, 3.8) is 0 Å². The molecule has 0 aromatic carbocycles. The van der Waals surface area contributed by atoms with E-state index in [1.54, 1.807) is 0 Å². The van der Waals surface area contributed by atoms with Crippen molar-refractivity contribution in [1.82, 2.24) is 0 Å². The van der Waals surface area contributed by atoms with Gasteiger partial charge in [0.05, 0.1) is 0 Å². The van der Waals surface area contributed by atoms with Gasteiger partial charge in [-0.2, -0.15) is 0 Å². The molecule has 0 aromatic rings. The van der Waals surface area contributed by atoms with Crippen molar-refractivity contribution in [1.29, 1.82) is 0 Å². The minimum absolute atomic E-state index is 0.940. The molecule has 22 heavy (non-hydrogen) atoms. The first kappa shape index (κ1) is 22.0. The molecule has 0 saturated carbocycles. The highest BCUT2D eigenvalue weighted by atomic mass is 14.2. The Hall–Kier alpha value is 0. The fraction of sp³-hybridized carbons (Fsp3) is 1.00. The van der Waals surface area contributed by atoms with E-state index in [1.807, 2.05) is 0 Å². The number of rotatable bonds is 17. The lowest BCUT2D eigenvalue weighted by Gasteiger charge is -2.19. The van der Waals surface area contributed by atoms with Crippen molar-refractivity contribution in [3.05, 3.63) is 0 Å². The van der Waals surface area contributed by atoms with Crippen LogP contribution in [0.1, 0.15) is 130 Å². The van der Waals surface area contributed by atoms with Gasteiger partial charge in [0.25, 0.3) is 0 Å². The van der Waals surface area contributed by atoms with Crippen LogP contribution < -0.4 is 0 Å². The van der Waals surface area contributed by atoms with E-state index < -0.39 is 0 Å². The van der Waals surface area contributed by atoms with Crippen molar-refractivity contribution < 1.29 is 0 Å². The van der Waals surface area contributed by atoms with E-state index >= 15 is 0 Å². The SMILES string of the molecule is CCCCCCCCCCC(C)C(C)CCCCCCCC. The van der Waals surface area contributed by atoms with Gasteiger partial charge in [0.15, 0.2) is 0 Å². The fourth-order valence-electron chi connectivity index (χ4n) is 3.42. The molecular formula is C22H46. The van der Waals surface area contributed by atoms with Crippen LogP contribution in [0.2, 0.25) is 0 Å². The predicted molar refractivity (Wildman–Crippen MR) is 104 cm³/mol. The third kappa shape index (κ3) is 14.9. The van der Waals surface area contributed by atoms with Gasteiger partial charge in [0, 0.05) is 0 Å². The summed E-state index contributed by atoms with van der Waals surface area (Å²) in [5.74, 6) is 1.88. The zero-order chi connectivity index (χ0) is 16.5. The first-order valence-electron chi connectivity index (χ1n) is 10.7. The summed E-state index contributed by atoms with van der Waals surface area (Å²) in [7, 11) is 0. The van der Waals surface area contributed by atoms with Crippen LogP contribution in [0.25, 0.3) is 0 Å². The smallest absolute Gasteiger partial charge is 0.0417 e. The zero-order valence-electron chi connectivity index (χ0n) is 16.5. The average molecular weight is 311 g/mol. The molecule has 0 aliphatic rings.